The number of aliphatic hydroxyl groups is 1. The number of aliphatic hydroxyl groups excluding tert-OH is 1. The van der Waals surface area contributed by atoms with Crippen molar-refractivity contribution in [3.63, 3.8) is 0 Å². The Morgan fingerprint density at radius 3 is 2.62 bits per heavy atom. The lowest BCUT2D eigenvalue weighted by Gasteiger charge is -2.26. The third-order valence-corrected chi connectivity index (χ3v) is 3.63. The normalized spacial score (nSPS) is 17.2. The highest BCUT2D eigenvalue weighted by Crippen LogP contribution is 2.28. The average Bonchev–Trinajstić information content (AvgIpc) is 3.16. The molecular weight excluding hydrogens is 270 g/mol. The van der Waals surface area contributed by atoms with Crippen molar-refractivity contribution in [3.05, 3.63) is 42.2 Å². The van der Waals surface area contributed by atoms with Crippen molar-refractivity contribution in [1.29, 1.82) is 0 Å². The molecule has 1 fully saturated rings. The van der Waals surface area contributed by atoms with Crippen molar-refractivity contribution in [1.82, 2.24) is 15.0 Å². The second-order valence-electron chi connectivity index (χ2n) is 5.07. The third kappa shape index (κ3) is 3.29. The summed E-state index contributed by atoms with van der Waals surface area (Å²) in [5, 5.41) is 17.5. The minimum atomic E-state index is -0.661. The van der Waals surface area contributed by atoms with Gasteiger partial charge in [0, 0.05) is 19.4 Å². The van der Waals surface area contributed by atoms with Crippen molar-refractivity contribution < 1.29 is 14.6 Å². The second kappa shape index (κ2) is 6.34. The maximum absolute atomic E-state index is 9.15. The SMILES string of the molecule is OCCC1(CCc2cn(-c3ccccc3)nn2)OCCO1. The summed E-state index contributed by atoms with van der Waals surface area (Å²) in [6.07, 6.45) is 3.77. The average molecular weight is 289 g/mol. The van der Waals surface area contributed by atoms with E-state index in [9.17, 15) is 0 Å². The van der Waals surface area contributed by atoms with Crippen LogP contribution in [0.25, 0.3) is 5.69 Å². The van der Waals surface area contributed by atoms with Gasteiger partial charge in [-0.15, -0.1) is 5.10 Å². The molecule has 0 atom stereocenters. The first-order chi connectivity index (χ1) is 10.3. The molecule has 1 aliphatic heterocycles. The van der Waals surface area contributed by atoms with E-state index in [1.807, 2.05) is 36.5 Å². The van der Waals surface area contributed by atoms with E-state index in [-0.39, 0.29) is 6.61 Å². The van der Waals surface area contributed by atoms with E-state index in [1.165, 1.54) is 0 Å². The lowest BCUT2D eigenvalue weighted by atomic mass is 10.1. The van der Waals surface area contributed by atoms with Gasteiger partial charge >= 0.3 is 0 Å². The molecule has 112 valence electrons. The Hall–Kier alpha value is -1.76. The highest BCUT2D eigenvalue weighted by Gasteiger charge is 2.35. The summed E-state index contributed by atoms with van der Waals surface area (Å²) in [5.74, 6) is -0.661. The molecule has 6 heteroatoms. The minimum absolute atomic E-state index is 0.0523. The molecule has 1 N–H and O–H groups in total. The van der Waals surface area contributed by atoms with Gasteiger partial charge in [-0.25, -0.2) is 4.68 Å². The van der Waals surface area contributed by atoms with Crippen molar-refractivity contribution in [3.8, 4) is 5.69 Å². The van der Waals surface area contributed by atoms with Crippen LogP contribution in [0.2, 0.25) is 0 Å². The molecule has 1 saturated heterocycles. The molecule has 1 aromatic heterocycles. The van der Waals surface area contributed by atoms with Crippen LogP contribution in [0.1, 0.15) is 18.5 Å². The predicted octanol–water partition coefficient (Wildman–Crippen LogP) is 1.33. The molecule has 1 aliphatic rings. The molecular formula is C15H19N3O3. The van der Waals surface area contributed by atoms with Crippen LogP contribution in [-0.2, 0) is 15.9 Å². The molecule has 0 saturated carbocycles. The van der Waals surface area contributed by atoms with Crippen LogP contribution in [0.15, 0.2) is 36.5 Å². The van der Waals surface area contributed by atoms with Crippen LogP contribution in [0.5, 0.6) is 0 Å². The van der Waals surface area contributed by atoms with E-state index in [1.54, 1.807) is 4.68 Å². The standard InChI is InChI=1S/C15H19N3O3/c19-9-8-15(20-10-11-21-15)7-6-13-12-18(17-16-13)14-4-2-1-3-5-14/h1-5,12,19H,6-11H2. The molecule has 0 unspecified atom stereocenters. The first-order valence-electron chi connectivity index (χ1n) is 7.17. The van der Waals surface area contributed by atoms with E-state index in [4.69, 9.17) is 14.6 Å². The summed E-state index contributed by atoms with van der Waals surface area (Å²) in [6, 6.07) is 9.86. The largest absolute Gasteiger partial charge is 0.396 e. The molecule has 0 radical (unpaired) electrons. The van der Waals surface area contributed by atoms with Gasteiger partial charge in [-0.2, -0.15) is 0 Å². The van der Waals surface area contributed by atoms with Crippen molar-refractivity contribution >= 4 is 0 Å². The van der Waals surface area contributed by atoms with E-state index in [0.29, 0.717) is 32.5 Å². The van der Waals surface area contributed by atoms with Crippen molar-refractivity contribution in [2.75, 3.05) is 19.8 Å². The number of nitrogens with zero attached hydrogens (tertiary/aromatic N) is 3. The van der Waals surface area contributed by atoms with Crippen molar-refractivity contribution in [2.45, 2.75) is 25.0 Å². The fourth-order valence-corrected chi connectivity index (χ4v) is 2.52. The Kier molecular flexibility index (Phi) is 4.28. The summed E-state index contributed by atoms with van der Waals surface area (Å²) in [6.45, 7) is 1.21. The van der Waals surface area contributed by atoms with Gasteiger partial charge in [0.05, 0.1) is 30.8 Å². The number of ether oxygens (including phenoxy) is 2. The maximum Gasteiger partial charge on any atom is 0.171 e. The summed E-state index contributed by atoms with van der Waals surface area (Å²) in [7, 11) is 0. The Morgan fingerprint density at radius 1 is 1.14 bits per heavy atom. The lowest BCUT2D eigenvalue weighted by molar-refractivity contribution is -0.171. The maximum atomic E-state index is 9.15. The molecule has 0 bridgehead atoms. The van der Waals surface area contributed by atoms with Crippen LogP contribution in [-0.4, -0.2) is 45.7 Å². The molecule has 0 spiro atoms. The number of aromatic nitrogens is 3. The minimum Gasteiger partial charge on any atom is -0.396 e. The van der Waals surface area contributed by atoms with E-state index in [2.05, 4.69) is 10.3 Å². The Balaban J connectivity index is 1.65. The highest BCUT2D eigenvalue weighted by molar-refractivity contribution is 5.29. The molecule has 2 heterocycles. The van der Waals surface area contributed by atoms with Crippen LogP contribution in [0, 0.1) is 0 Å². The monoisotopic (exact) mass is 289 g/mol. The quantitative estimate of drug-likeness (QED) is 0.868. The smallest absolute Gasteiger partial charge is 0.171 e. The molecule has 2 aromatic rings. The van der Waals surface area contributed by atoms with Crippen LogP contribution in [0.3, 0.4) is 0 Å². The zero-order valence-corrected chi connectivity index (χ0v) is 11.8. The van der Waals surface area contributed by atoms with Crippen LogP contribution >= 0.6 is 0 Å². The van der Waals surface area contributed by atoms with Gasteiger partial charge in [-0.1, -0.05) is 23.4 Å². The van der Waals surface area contributed by atoms with Gasteiger partial charge in [0.2, 0.25) is 0 Å². The lowest BCUT2D eigenvalue weighted by Crippen LogP contribution is -2.32. The number of aryl methyl sites for hydroxylation is 1. The summed E-state index contributed by atoms with van der Waals surface area (Å²) in [4.78, 5) is 0. The number of rotatable bonds is 6. The van der Waals surface area contributed by atoms with E-state index < -0.39 is 5.79 Å². The highest BCUT2D eigenvalue weighted by atomic mass is 16.7. The molecule has 3 rings (SSSR count). The van der Waals surface area contributed by atoms with Gasteiger partial charge in [0.1, 0.15) is 0 Å². The van der Waals surface area contributed by atoms with Gasteiger partial charge in [0.25, 0.3) is 0 Å². The Bertz CT molecular complexity index is 565. The number of hydrogen-bond donors (Lipinski definition) is 1. The molecule has 0 aliphatic carbocycles. The topological polar surface area (TPSA) is 69.4 Å². The first kappa shape index (κ1) is 14.2. The van der Waals surface area contributed by atoms with Crippen molar-refractivity contribution in [2.24, 2.45) is 0 Å². The van der Waals surface area contributed by atoms with E-state index in [0.717, 1.165) is 11.4 Å². The van der Waals surface area contributed by atoms with Gasteiger partial charge < -0.3 is 14.6 Å². The second-order valence-corrected chi connectivity index (χ2v) is 5.07. The zero-order chi connectivity index (χ0) is 14.5. The first-order valence-corrected chi connectivity index (χ1v) is 7.17. The fourth-order valence-electron chi connectivity index (χ4n) is 2.52. The Labute approximate surface area is 123 Å². The van der Waals surface area contributed by atoms with Crippen LogP contribution in [0.4, 0.5) is 0 Å². The van der Waals surface area contributed by atoms with Gasteiger partial charge in [0.15, 0.2) is 5.79 Å². The van der Waals surface area contributed by atoms with Gasteiger partial charge in [-0.05, 0) is 18.6 Å². The zero-order valence-electron chi connectivity index (χ0n) is 11.8. The Morgan fingerprint density at radius 2 is 1.90 bits per heavy atom. The summed E-state index contributed by atoms with van der Waals surface area (Å²) < 4.78 is 13.1. The van der Waals surface area contributed by atoms with Gasteiger partial charge in [-0.3, -0.25) is 0 Å². The summed E-state index contributed by atoms with van der Waals surface area (Å²) >= 11 is 0. The van der Waals surface area contributed by atoms with E-state index >= 15 is 0 Å². The fraction of sp³-hybridized carbons (Fsp3) is 0.467. The number of para-hydroxylation sites is 1. The molecule has 21 heavy (non-hydrogen) atoms. The van der Waals surface area contributed by atoms with Crippen LogP contribution < -0.4 is 0 Å². The number of benzene rings is 1. The molecule has 6 nitrogen and oxygen atoms in total. The summed E-state index contributed by atoms with van der Waals surface area (Å²) in [5.41, 5.74) is 1.87. The number of hydrogen-bond acceptors (Lipinski definition) is 5. The predicted molar refractivity (Wildman–Crippen MR) is 76.0 cm³/mol. The molecule has 1 aromatic carbocycles. The third-order valence-electron chi connectivity index (χ3n) is 3.63. The molecule has 0 amide bonds.